The standard InChI is InChI=1S/C22H41N3O14.C7H14O2.ClH/c1-7(29)25-13-16(32)19(10(6-28)37-22(13)34-3)39-21-12(24)15(31)18(9(5-27)36-21)38-20-11(23)14(30)17(33-2)8(4-26)35-20;1-2-3-4-5-6-7(8)9;/h8-22,26-28,30-32H,4-6,23-24H2,1-3H3,(H,25,29);2-6H2,1H3,(H,8,9);1H/t8?,9?,10?,11?,12?,13?,14?,15-,16?,17?,18?,19?,20+,21?,22-;;/m1../s1. The van der Waals surface area contributed by atoms with Crippen LogP contribution in [0.15, 0.2) is 0 Å². The lowest BCUT2D eigenvalue weighted by Gasteiger charge is -2.49. The Bertz CT molecular complexity index is 957. The molecule has 49 heavy (non-hydrogen) atoms. The fraction of sp³-hybridized carbons (Fsp3) is 0.931. The van der Waals surface area contributed by atoms with E-state index in [9.17, 15) is 40.2 Å². The lowest BCUT2D eigenvalue weighted by molar-refractivity contribution is -0.350. The van der Waals surface area contributed by atoms with Gasteiger partial charge in [0.1, 0.15) is 61.0 Å². The number of rotatable bonds is 15. The Labute approximate surface area is 291 Å². The number of carbonyl (C=O) groups excluding carboxylic acids is 1. The molecule has 12 unspecified atom stereocenters. The van der Waals surface area contributed by atoms with E-state index in [0.717, 1.165) is 19.3 Å². The molecule has 0 aromatic heterocycles. The summed E-state index contributed by atoms with van der Waals surface area (Å²) >= 11 is 0. The first-order chi connectivity index (χ1) is 22.8. The van der Waals surface area contributed by atoms with Gasteiger partial charge in [-0.1, -0.05) is 26.2 Å². The number of hydrogen-bond donors (Lipinski definition) is 10. The molecule has 12 N–H and O–H groups in total. The minimum atomic E-state index is -1.55. The van der Waals surface area contributed by atoms with Crippen LogP contribution in [0.2, 0.25) is 0 Å². The van der Waals surface area contributed by atoms with Gasteiger partial charge in [0.2, 0.25) is 5.91 Å². The second-order valence-corrected chi connectivity index (χ2v) is 11.9. The number of carboxylic acid groups (broad SMARTS) is 1. The van der Waals surface area contributed by atoms with E-state index in [-0.39, 0.29) is 12.4 Å². The number of aliphatic hydroxyl groups is 6. The van der Waals surface area contributed by atoms with Crippen molar-refractivity contribution in [3.63, 3.8) is 0 Å². The van der Waals surface area contributed by atoms with Gasteiger partial charge in [-0.2, -0.15) is 0 Å². The number of aliphatic hydroxyl groups excluding tert-OH is 6. The summed E-state index contributed by atoms with van der Waals surface area (Å²) in [5.74, 6) is -1.16. The van der Waals surface area contributed by atoms with E-state index in [0.29, 0.717) is 6.42 Å². The summed E-state index contributed by atoms with van der Waals surface area (Å²) in [6.45, 7) is 1.53. The van der Waals surface area contributed by atoms with Crippen molar-refractivity contribution < 1.29 is 78.5 Å². The van der Waals surface area contributed by atoms with Crippen LogP contribution in [0, 0.1) is 0 Å². The molecule has 1 amide bonds. The van der Waals surface area contributed by atoms with Crippen molar-refractivity contribution in [2.45, 2.75) is 138 Å². The number of unbranched alkanes of at least 4 members (excludes halogenated alkanes) is 3. The van der Waals surface area contributed by atoms with Gasteiger partial charge in [-0.05, 0) is 6.42 Å². The third-order valence-corrected chi connectivity index (χ3v) is 8.36. The number of amides is 1. The molecule has 0 aromatic carbocycles. The highest BCUT2D eigenvalue weighted by Gasteiger charge is 2.53. The minimum absolute atomic E-state index is 0. The molecule has 3 fully saturated rings. The number of halogens is 1. The number of aliphatic carboxylic acids is 1. The smallest absolute Gasteiger partial charge is 0.303 e. The van der Waals surface area contributed by atoms with Gasteiger partial charge in [-0.15, -0.1) is 12.4 Å². The molecule has 19 nitrogen and oxygen atoms in total. The zero-order valence-corrected chi connectivity index (χ0v) is 29.0. The molecule has 0 spiro atoms. The maximum atomic E-state index is 11.7. The Morgan fingerprint density at radius 2 is 1.16 bits per heavy atom. The summed E-state index contributed by atoms with van der Waals surface area (Å²) in [7, 11) is 2.61. The summed E-state index contributed by atoms with van der Waals surface area (Å²) in [5, 5.41) is 72.7. The van der Waals surface area contributed by atoms with E-state index in [1.165, 1.54) is 27.6 Å². The number of nitrogens with two attached hydrogens (primary N) is 2. The Hall–Kier alpha value is -1.37. The molecule has 3 saturated heterocycles. The van der Waals surface area contributed by atoms with Crippen molar-refractivity contribution in [3.05, 3.63) is 0 Å². The van der Waals surface area contributed by atoms with E-state index >= 15 is 0 Å². The van der Waals surface area contributed by atoms with Crippen molar-refractivity contribution in [1.29, 1.82) is 0 Å². The van der Waals surface area contributed by atoms with Gasteiger partial charge in [0.05, 0.1) is 31.9 Å². The van der Waals surface area contributed by atoms with Crippen LogP contribution in [0.3, 0.4) is 0 Å². The zero-order valence-electron chi connectivity index (χ0n) is 28.2. The largest absolute Gasteiger partial charge is 0.481 e. The first kappa shape index (κ1) is 45.7. The van der Waals surface area contributed by atoms with Crippen LogP contribution in [-0.4, -0.2) is 174 Å². The van der Waals surface area contributed by atoms with Crippen LogP contribution < -0.4 is 16.8 Å². The topological polar surface area (TPSA) is 304 Å². The van der Waals surface area contributed by atoms with Crippen LogP contribution in [0.25, 0.3) is 0 Å². The van der Waals surface area contributed by atoms with Crippen LogP contribution in [0.4, 0.5) is 0 Å². The first-order valence-corrected chi connectivity index (χ1v) is 16.0. The fourth-order valence-electron chi connectivity index (χ4n) is 5.72. The quantitative estimate of drug-likeness (QED) is 0.0723. The molecular formula is C29H56ClN3O16. The monoisotopic (exact) mass is 737 g/mol. The lowest BCUT2D eigenvalue weighted by atomic mass is 9.94. The molecule has 20 heteroatoms. The van der Waals surface area contributed by atoms with Gasteiger partial charge in [-0.25, -0.2) is 0 Å². The van der Waals surface area contributed by atoms with Gasteiger partial charge >= 0.3 is 5.97 Å². The second-order valence-electron chi connectivity index (χ2n) is 11.9. The van der Waals surface area contributed by atoms with Crippen molar-refractivity contribution in [1.82, 2.24) is 5.32 Å². The molecule has 290 valence electrons. The number of methoxy groups -OCH3 is 2. The number of nitrogens with one attached hydrogen (secondary N) is 1. The third kappa shape index (κ3) is 12.4. The fourth-order valence-corrected chi connectivity index (χ4v) is 5.72. The van der Waals surface area contributed by atoms with Gasteiger partial charge in [-0.3, -0.25) is 9.59 Å². The van der Waals surface area contributed by atoms with Gasteiger partial charge in [0.15, 0.2) is 18.9 Å². The molecule has 3 aliphatic heterocycles. The van der Waals surface area contributed by atoms with Gasteiger partial charge in [0.25, 0.3) is 0 Å². The average Bonchev–Trinajstić information content (AvgIpc) is 3.06. The van der Waals surface area contributed by atoms with Crippen LogP contribution in [-0.2, 0) is 42.7 Å². The van der Waals surface area contributed by atoms with Crippen LogP contribution >= 0.6 is 12.4 Å². The molecule has 0 bridgehead atoms. The number of ether oxygens (including phenoxy) is 7. The molecule has 3 rings (SSSR count). The Kier molecular flexibility index (Phi) is 21.0. The minimum Gasteiger partial charge on any atom is -0.481 e. The molecule has 3 aliphatic rings. The number of hydrogen-bond acceptors (Lipinski definition) is 17. The SMILES string of the molecule is CCCCCCC(=O)O.COC1C(CO)O[C@@H](OC2C(CO)OC(OC3C(CO)O[C@@H](OC)C(NC(C)=O)C3O)C(N)[C@H]2O)C(N)C1O.Cl. The first-order valence-electron chi connectivity index (χ1n) is 16.0. The van der Waals surface area contributed by atoms with E-state index in [1.807, 2.05) is 0 Å². The zero-order chi connectivity index (χ0) is 36.1. The molecule has 0 saturated carbocycles. The number of carbonyl (C=O) groups is 2. The molecule has 0 aromatic rings. The van der Waals surface area contributed by atoms with Crippen molar-refractivity contribution in [2.24, 2.45) is 11.5 Å². The average molecular weight is 738 g/mol. The molecule has 0 aliphatic carbocycles. The van der Waals surface area contributed by atoms with Gasteiger partial charge < -0.3 is 85.7 Å². The second kappa shape index (κ2) is 22.5. The van der Waals surface area contributed by atoms with E-state index in [1.54, 1.807) is 0 Å². The van der Waals surface area contributed by atoms with Crippen molar-refractivity contribution in [3.8, 4) is 0 Å². The van der Waals surface area contributed by atoms with E-state index < -0.39 is 124 Å². The summed E-state index contributed by atoms with van der Waals surface area (Å²) in [5.41, 5.74) is 12.2. The van der Waals surface area contributed by atoms with Crippen molar-refractivity contribution >= 4 is 24.3 Å². The maximum absolute atomic E-state index is 11.7. The third-order valence-electron chi connectivity index (χ3n) is 8.36. The highest BCUT2D eigenvalue weighted by atomic mass is 35.5. The molecule has 3 heterocycles. The van der Waals surface area contributed by atoms with E-state index in [4.69, 9.17) is 49.7 Å². The van der Waals surface area contributed by atoms with Crippen molar-refractivity contribution in [2.75, 3.05) is 34.0 Å². The maximum Gasteiger partial charge on any atom is 0.303 e. The van der Waals surface area contributed by atoms with E-state index in [2.05, 4.69) is 12.2 Å². The Morgan fingerprint density at radius 1 is 0.714 bits per heavy atom. The summed E-state index contributed by atoms with van der Waals surface area (Å²) in [6, 6.07) is -3.57. The number of carboxylic acids is 1. The van der Waals surface area contributed by atoms with Crippen LogP contribution in [0.5, 0.6) is 0 Å². The normalized spacial score (nSPS) is 39.2. The summed E-state index contributed by atoms with van der Waals surface area (Å²) in [6.07, 6.45) is -10.6. The summed E-state index contributed by atoms with van der Waals surface area (Å²) < 4.78 is 39.0. The van der Waals surface area contributed by atoms with Crippen LogP contribution in [0.1, 0.15) is 46.0 Å². The predicted molar refractivity (Wildman–Crippen MR) is 170 cm³/mol. The van der Waals surface area contributed by atoms with Gasteiger partial charge in [0, 0.05) is 27.6 Å². The summed E-state index contributed by atoms with van der Waals surface area (Å²) in [4.78, 5) is 21.6. The lowest BCUT2D eigenvalue weighted by Crippen LogP contribution is -2.70. The Morgan fingerprint density at radius 3 is 1.57 bits per heavy atom. The Balaban J connectivity index is 0.00000105. The molecular weight excluding hydrogens is 682 g/mol. The predicted octanol–water partition coefficient (Wildman–Crippen LogP) is -3.72. The molecule has 0 radical (unpaired) electrons. The highest BCUT2D eigenvalue weighted by molar-refractivity contribution is 5.85. The highest BCUT2D eigenvalue weighted by Crippen LogP contribution is 2.32. The molecule has 15 atom stereocenters.